The molecular weight excluding hydrogens is 354 g/mol. The number of ether oxygens (including phenoxy) is 1. The second kappa shape index (κ2) is 6.12. The number of pyridine rings is 1. The predicted octanol–water partition coefficient (Wildman–Crippen LogP) is 2.82. The first-order chi connectivity index (χ1) is 13.5. The summed E-state index contributed by atoms with van der Waals surface area (Å²) in [6, 6.07) is 8.09. The minimum absolute atomic E-state index is 0.397. The Kier molecular flexibility index (Phi) is 3.68. The Balaban J connectivity index is 1.44. The van der Waals surface area contributed by atoms with Crippen LogP contribution in [0.25, 0.3) is 17.3 Å². The molecule has 0 amide bonds. The molecule has 142 valence electrons. The molecule has 8 nitrogen and oxygen atoms in total. The van der Waals surface area contributed by atoms with Crippen molar-refractivity contribution in [1.29, 1.82) is 0 Å². The fraction of sp³-hybridized carbons (Fsp3) is 0.350. The van der Waals surface area contributed by atoms with Crippen molar-refractivity contribution in [3.8, 4) is 17.4 Å². The van der Waals surface area contributed by atoms with Gasteiger partial charge in [0.05, 0.1) is 12.8 Å². The molecule has 2 atom stereocenters. The molecule has 0 N–H and O–H groups in total. The molecule has 8 heteroatoms. The van der Waals surface area contributed by atoms with Crippen LogP contribution in [0.1, 0.15) is 40.9 Å². The van der Waals surface area contributed by atoms with Gasteiger partial charge < -0.3 is 4.74 Å². The first-order valence-corrected chi connectivity index (χ1v) is 9.29. The number of methoxy groups -OCH3 is 1. The third kappa shape index (κ3) is 2.72. The van der Waals surface area contributed by atoms with E-state index in [1.54, 1.807) is 11.6 Å². The molecule has 0 spiro atoms. The van der Waals surface area contributed by atoms with Gasteiger partial charge >= 0.3 is 0 Å². The zero-order chi connectivity index (χ0) is 19.4. The maximum atomic E-state index is 5.14. The van der Waals surface area contributed by atoms with Gasteiger partial charge in [0.25, 0.3) is 5.78 Å². The summed E-state index contributed by atoms with van der Waals surface area (Å²) in [5.41, 5.74) is 5.13. The van der Waals surface area contributed by atoms with E-state index in [4.69, 9.17) is 9.84 Å². The summed E-state index contributed by atoms with van der Waals surface area (Å²) in [5, 5.41) is 9.36. The first-order valence-electron chi connectivity index (χ1n) is 9.29. The average Bonchev–Trinajstić information content (AvgIpc) is 3.21. The number of fused-ring (bicyclic) bond motifs is 1. The highest BCUT2D eigenvalue weighted by molar-refractivity contribution is 5.54. The summed E-state index contributed by atoms with van der Waals surface area (Å²) in [6.45, 7) is 3.97. The van der Waals surface area contributed by atoms with Gasteiger partial charge in [-0.3, -0.25) is 4.68 Å². The van der Waals surface area contributed by atoms with Crippen LogP contribution in [-0.4, -0.2) is 41.5 Å². The van der Waals surface area contributed by atoms with Crippen LogP contribution in [0, 0.1) is 13.8 Å². The molecule has 1 unspecified atom stereocenters. The van der Waals surface area contributed by atoms with Crippen molar-refractivity contribution >= 4 is 5.78 Å². The maximum absolute atomic E-state index is 5.14. The lowest BCUT2D eigenvalue weighted by molar-refractivity contribution is 0.397. The number of nitrogens with zero attached hydrogens (tertiary/aromatic N) is 7. The fourth-order valence-electron chi connectivity index (χ4n) is 3.78. The van der Waals surface area contributed by atoms with Gasteiger partial charge in [0.2, 0.25) is 11.7 Å². The summed E-state index contributed by atoms with van der Waals surface area (Å²) >= 11 is 0. The van der Waals surface area contributed by atoms with E-state index in [9.17, 15) is 0 Å². The highest BCUT2D eigenvalue weighted by Gasteiger charge is 2.42. The minimum Gasteiger partial charge on any atom is -0.481 e. The highest BCUT2D eigenvalue weighted by Crippen LogP contribution is 2.54. The van der Waals surface area contributed by atoms with Crippen LogP contribution in [0.3, 0.4) is 0 Å². The Morgan fingerprint density at radius 3 is 2.68 bits per heavy atom. The van der Waals surface area contributed by atoms with E-state index in [0.717, 1.165) is 29.2 Å². The van der Waals surface area contributed by atoms with Crippen LogP contribution < -0.4 is 4.74 Å². The smallest absolute Gasteiger partial charge is 0.253 e. The van der Waals surface area contributed by atoms with E-state index in [2.05, 4.69) is 32.2 Å². The number of aryl methyl sites for hydroxylation is 3. The van der Waals surface area contributed by atoms with Crippen LogP contribution in [-0.2, 0) is 7.05 Å². The van der Waals surface area contributed by atoms with Crippen LogP contribution in [0.5, 0.6) is 5.88 Å². The molecule has 0 saturated heterocycles. The Morgan fingerprint density at radius 1 is 1.07 bits per heavy atom. The molecule has 28 heavy (non-hydrogen) atoms. The Bertz CT molecular complexity index is 1180. The topological polar surface area (TPSA) is 83.0 Å². The van der Waals surface area contributed by atoms with Crippen LogP contribution in [0.2, 0.25) is 0 Å². The normalized spacial score (nSPS) is 18.6. The summed E-state index contributed by atoms with van der Waals surface area (Å²) in [5.74, 6) is 2.74. The molecule has 1 aliphatic rings. The van der Waals surface area contributed by atoms with Gasteiger partial charge in [-0.1, -0.05) is 6.07 Å². The lowest BCUT2D eigenvalue weighted by Gasteiger charge is -2.01. The van der Waals surface area contributed by atoms with Crippen molar-refractivity contribution in [2.75, 3.05) is 7.11 Å². The molecule has 0 radical (unpaired) electrons. The molecule has 4 heterocycles. The van der Waals surface area contributed by atoms with E-state index >= 15 is 0 Å². The third-order valence-corrected chi connectivity index (χ3v) is 5.31. The van der Waals surface area contributed by atoms with Crippen molar-refractivity contribution < 1.29 is 4.74 Å². The molecule has 0 aromatic carbocycles. The number of rotatable bonds is 4. The van der Waals surface area contributed by atoms with Gasteiger partial charge in [-0.25, -0.2) is 14.5 Å². The molecule has 5 rings (SSSR count). The predicted molar refractivity (Wildman–Crippen MR) is 103 cm³/mol. The Labute approximate surface area is 162 Å². The largest absolute Gasteiger partial charge is 0.481 e. The molecule has 1 fully saturated rings. The van der Waals surface area contributed by atoms with Gasteiger partial charge in [-0.2, -0.15) is 10.1 Å². The lowest BCUT2D eigenvalue weighted by atomic mass is 10.1. The Morgan fingerprint density at radius 2 is 1.93 bits per heavy atom. The van der Waals surface area contributed by atoms with E-state index in [-0.39, 0.29) is 0 Å². The van der Waals surface area contributed by atoms with Crippen molar-refractivity contribution in [1.82, 2.24) is 34.3 Å². The van der Waals surface area contributed by atoms with Gasteiger partial charge in [0.1, 0.15) is 5.69 Å². The first kappa shape index (κ1) is 16.9. The van der Waals surface area contributed by atoms with Gasteiger partial charge in [-0.05, 0) is 43.9 Å². The van der Waals surface area contributed by atoms with E-state index < -0.39 is 0 Å². The number of hydrogen-bond donors (Lipinski definition) is 0. The van der Waals surface area contributed by atoms with Gasteiger partial charge in [0.15, 0.2) is 0 Å². The summed E-state index contributed by atoms with van der Waals surface area (Å²) in [6.07, 6.45) is 2.97. The molecule has 1 saturated carbocycles. The zero-order valence-corrected chi connectivity index (χ0v) is 16.3. The van der Waals surface area contributed by atoms with Crippen LogP contribution in [0.4, 0.5) is 0 Å². The standard InChI is InChI=1S/C20H21N7O/c1-11-7-12(2)27-20(22-11)23-19(25-27)17-9-16(24-26(17)3)15-8-14(15)13-5-6-18(28-4)21-10-13/h5-7,9-10,14-15H,8H2,1-4H3/t14?,15-/m1/s1. The molecule has 0 aliphatic heterocycles. The van der Waals surface area contributed by atoms with E-state index in [1.165, 1.54) is 5.56 Å². The van der Waals surface area contributed by atoms with E-state index in [1.807, 2.05) is 43.9 Å². The van der Waals surface area contributed by atoms with Gasteiger partial charge in [0, 0.05) is 36.6 Å². The fourth-order valence-corrected chi connectivity index (χ4v) is 3.78. The van der Waals surface area contributed by atoms with Crippen molar-refractivity contribution in [3.63, 3.8) is 0 Å². The molecule has 4 aromatic heterocycles. The van der Waals surface area contributed by atoms with Gasteiger partial charge in [-0.15, -0.1) is 5.10 Å². The van der Waals surface area contributed by atoms with Crippen LogP contribution >= 0.6 is 0 Å². The van der Waals surface area contributed by atoms with E-state index in [0.29, 0.717) is 29.3 Å². The van der Waals surface area contributed by atoms with Crippen molar-refractivity contribution in [2.24, 2.45) is 7.05 Å². The number of hydrogen-bond acceptors (Lipinski definition) is 6. The zero-order valence-electron chi connectivity index (χ0n) is 16.3. The quantitative estimate of drug-likeness (QED) is 0.545. The maximum Gasteiger partial charge on any atom is 0.253 e. The van der Waals surface area contributed by atoms with Crippen LogP contribution in [0.15, 0.2) is 30.5 Å². The monoisotopic (exact) mass is 375 g/mol. The molecule has 4 aromatic rings. The SMILES string of the molecule is COc1ccc(C2C[C@H]2c2cc(-c3nc4nc(C)cc(C)n4n3)n(C)n2)cn1. The second-order valence-electron chi connectivity index (χ2n) is 7.35. The molecule has 0 bridgehead atoms. The minimum atomic E-state index is 0.397. The third-order valence-electron chi connectivity index (χ3n) is 5.31. The second-order valence-corrected chi connectivity index (χ2v) is 7.35. The highest BCUT2D eigenvalue weighted by atomic mass is 16.5. The van der Waals surface area contributed by atoms with Crippen molar-refractivity contribution in [2.45, 2.75) is 32.1 Å². The van der Waals surface area contributed by atoms with Crippen molar-refractivity contribution in [3.05, 3.63) is 53.1 Å². The Hall–Kier alpha value is -3.29. The number of aromatic nitrogens is 7. The summed E-state index contributed by atoms with van der Waals surface area (Å²) in [7, 11) is 3.56. The molecule has 1 aliphatic carbocycles. The average molecular weight is 375 g/mol. The lowest BCUT2D eigenvalue weighted by Crippen LogP contribution is -1.98. The summed E-state index contributed by atoms with van der Waals surface area (Å²) in [4.78, 5) is 13.4. The summed E-state index contributed by atoms with van der Waals surface area (Å²) < 4.78 is 8.77. The molecular formula is C20H21N7O.